The zero-order chi connectivity index (χ0) is 15.0. The van der Waals surface area contributed by atoms with E-state index in [0.717, 1.165) is 41.8 Å². The maximum absolute atomic E-state index is 12.7. The van der Waals surface area contributed by atoms with Gasteiger partial charge in [0.2, 0.25) is 0 Å². The number of carbonyl (C=O) groups excluding carboxylic acids is 1. The van der Waals surface area contributed by atoms with Crippen molar-refractivity contribution in [1.29, 1.82) is 0 Å². The number of nitrogens with zero attached hydrogens (tertiary/aromatic N) is 2. The first-order chi connectivity index (χ1) is 10.1. The molecule has 1 amide bonds. The molecule has 2 aromatic rings. The third-order valence-corrected chi connectivity index (χ3v) is 5.21. The number of fused-ring (bicyclic) bond motifs is 1. The Kier molecular flexibility index (Phi) is 3.82. The highest BCUT2D eigenvalue weighted by atomic mass is 32.1. The van der Waals surface area contributed by atoms with Crippen molar-refractivity contribution in [1.82, 2.24) is 15.2 Å². The number of aromatic nitrogens is 1. The second kappa shape index (κ2) is 5.61. The van der Waals surface area contributed by atoms with E-state index in [2.05, 4.69) is 10.3 Å². The maximum atomic E-state index is 12.7. The zero-order valence-electron chi connectivity index (χ0n) is 12.3. The molecular weight excluding hydrogens is 284 g/mol. The summed E-state index contributed by atoms with van der Waals surface area (Å²) in [5.74, 6) is 0.0139. The Hall–Kier alpha value is -1.66. The SMILES string of the molecule is Cc1ccc2c(N)c(C(=O)N(C)C3CCNCC3)sc2n1. The van der Waals surface area contributed by atoms with E-state index in [1.165, 1.54) is 11.3 Å². The van der Waals surface area contributed by atoms with E-state index in [4.69, 9.17) is 5.73 Å². The fraction of sp³-hybridized carbons (Fsp3) is 0.467. The van der Waals surface area contributed by atoms with Gasteiger partial charge < -0.3 is 16.0 Å². The van der Waals surface area contributed by atoms with Gasteiger partial charge >= 0.3 is 0 Å². The average molecular weight is 304 g/mol. The van der Waals surface area contributed by atoms with Gasteiger partial charge in [-0.25, -0.2) is 4.98 Å². The monoisotopic (exact) mass is 304 g/mol. The van der Waals surface area contributed by atoms with Crippen LogP contribution >= 0.6 is 11.3 Å². The standard InChI is InChI=1S/C15H20N4OS/c1-9-3-4-11-12(16)13(21-14(11)18-9)15(20)19(2)10-5-7-17-8-6-10/h3-4,10,17H,5-8,16H2,1-2H3. The van der Waals surface area contributed by atoms with Crippen LogP contribution in [0.5, 0.6) is 0 Å². The number of piperidine rings is 1. The minimum atomic E-state index is 0.0139. The number of nitrogen functional groups attached to an aromatic ring is 1. The van der Waals surface area contributed by atoms with Crippen LogP contribution in [0.25, 0.3) is 10.2 Å². The van der Waals surface area contributed by atoms with Crippen LogP contribution < -0.4 is 11.1 Å². The van der Waals surface area contributed by atoms with Crippen LogP contribution in [0.3, 0.4) is 0 Å². The molecule has 0 atom stereocenters. The second-order valence-corrected chi connectivity index (χ2v) is 6.55. The number of thiophene rings is 1. The number of hydrogen-bond acceptors (Lipinski definition) is 5. The van der Waals surface area contributed by atoms with Gasteiger partial charge in [-0.2, -0.15) is 0 Å². The Morgan fingerprint density at radius 1 is 1.43 bits per heavy atom. The third kappa shape index (κ3) is 2.61. The van der Waals surface area contributed by atoms with E-state index in [9.17, 15) is 4.79 Å². The first-order valence-corrected chi connectivity index (χ1v) is 8.03. The molecule has 1 aliphatic rings. The van der Waals surface area contributed by atoms with Crippen molar-refractivity contribution < 1.29 is 4.79 Å². The van der Waals surface area contributed by atoms with E-state index in [0.29, 0.717) is 10.6 Å². The van der Waals surface area contributed by atoms with Crippen molar-refractivity contribution in [2.45, 2.75) is 25.8 Å². The number of pyridine rings is 1. The fourth-order valence-electron chi connectivity index (χ4n) is 2.77. The van der Waals surface area contributed by atoms with Crippen molar-refractivity contribution >= 4 is 33.1 Å². The highest BCUT2D eigenvalue weighted by molar-refractivity contribution is 7.21. The average Bonchev–Trinajstić information content (AvgIpc) is 2.83. The Bertz CT molecular complexity index is 676. The maximum Gasteiger partial charge on any atom is 0.266 e. The second-order valence-electron chi connectivity index (χ2n) is 5.55. The molecule has 21 heavy (non-hydrogen) atoms. The fourth-order valence-corrected chi connectivity index (χ4v) is 3.89. The quantitative estimate of drug-likeness (QED) is 0.890. The highest BCUT2D eigenvalue weighted by Crippen LogP contribution is 2.33. The van der Waals surface area contributed by atoms with E-state index in [1.807, 2.05) is 31.0 Å². The summed E-state index contributed by atoms with van der Waals surface area (Å²) in [5.41, 5.74) is 7.67. The van der Waals surface area contributed by atoms with Gasteiger partial charge in [0.15, 0.2) is 0 Å². The molecule has 0 aromatic carbocycles. The summed E-state index contributed by atoms with van der Waals surface area (Å²) in [5, 5.41) is 4.20. The van der Waals surface area contributed by atoms with Gasteiger partial charge in [0.1, 0.15) is 9.71 Å². The molecular formula is C15H20N4OS. The predicted molar refractivity (Wildman–Crippen MR) is 86.8 cm³/mol. The minimum Gasteiger partial charge on any atom is -0.397 e. The summed E-state index contributed by atoms with van der Waals surface area (Å²) in [6.45, 7) is 3.87. The molecule has 2 aromatic heterocycles. The molecule has 1 aliphatic heterocycles. The van der Waals surface area contributed by atoms with E-state index < -0.39 is 0 Å². The number of anilines is 1. The lowest BCUT2D eigenvalue weighted by Crippen LogP contribution is -2.43. The lowest BCUT2D eigenvalue weighted by atomic mass is 10.1. The van der Waals surface area contributed by atoms with Gasteiger partial charge in [-0.3, -0.25) is 4.79 Å². The summed E-state index contributed by atoms with van der Waals surface area (Å²) in [7, 11) is 1.88. The first-order valence-electron chi connectivity index (χ1n) is 7.21. The number of carbonyl (C=O) groups is 1. The van der Waals surface area contributed by atoms with E-state index >= 15 is 0 Å². The van der Waals surface area contributed by atoms with Crippen LogP contribution in [0.2, 0.25) is 0 Å². The van der Waals surface area contributed by atoms with E-state index in [1.54, 1.807) is 0 Å². The van der Waals surface area contributed by atoms with Crippen molar-refractivity contribution in [3.63, 3.8) is 0 Å². The number of nitrogens with two attached hydrogens (primary N) is 1. The lowest BCUT2D eigenvalue weighted by Gasteiger charge is -2.31. The summed E-state index contributed by atoms with van der Waals surface area (Å²) < 4.78 is 0. The number of hydrogen-bond donors (Lipinski definition) is 2. The molecule has 3 N–H and O–H groups in total. The minimum absolute atomic E-state index is 0.0139. The Morgan fingerprint density at radius 3 is 2.86 bits per heavy atom. The molecule has 3 heterocycles. The van der Waals surface area contributed by atoms with Crippen LogP contribution in [-0.4, -0.2) is 42.0 Å². The van der Waals surface area contributed by atoms with Crippen LogP contribution in [0, 0.1) is 6.92 Å². The topological polar surface area (TPSA) is 71.2 Å². The largest absolute Gasteiger partial charge is 0.397 e. The zero-order valence-corrected chi connectivity index (χ0v) is 13.2. The lowest BCUT2D eigenvalue weighted by molar-refractivity contribution is 0.0709. The number of aryl methyl sites for hydroxylation is 1. The first kappa shape index (κ1) is 14.3. The van der Waals surface area contributed by atoms with Gasteiger partial charge in [-0.05, 0) is 45.0 Å². The molecule has 5 nitrogen and oxygen atoms in total. The van der Waals surface area contributed by atoms with Crippen molar-refractivity contribution in [3.05, 3.63) is 22.7 Å². The van der Waals surface area contributed by atoms with Crippen LogP contribution in [0.4, 0.5) is 5.69 Å². The molecule has 0 unspecified atom stereocenters. The molecule has 112 valence electrons. The van der Waals surface area contributed by atoms with Crippen LogP contribution in [0.1, 0.15) is 28.2 Å². The van der Waals surface area contributed by atoms with Gasteiger partial charge in [0.25, 0.3) is 5.91 Å². The number of nitrogens with one attached hydrogen (secondary N) is 1. The van der Waals surface area contributed by atoms with Crippen molar-refractivity contribution in [2.24, 2.45) is 0 Å². The van der Waals surface area contributed by atoms with Crippen molar-refractivity contribution in [2.75, 3.05) is 25.9 Å². The summed E-state index contributed by atoms with van der Waals surface area (Å²) >= 11 is 1.40. The number of amides is 1. The third-order valence-electron chi connectivity index (χ3n) is 4.10. The summed E-state index contributed by atoms with van der Waals surface area (Å²) in [4.78, 5) is 20.5. The summed E-state index contributed by atoms with van der Waals surface area (Å²) in [6.07, 6.45) is 1.98. The van der Waals surface area contributed by atoms with Gasteiger partial charge in [-0.1, -0.05) is 0 Å². The van der Waals surface area contributed by atoms with Gasteiger partial charge in [-0.15, -0.1) is 11.3 Å². The highest BCUT2D eigenvalue weighted by Gasteiger charge is 2.26. The van der Waals surface area contributed by atoms with Gasteiger partial charge in [0, 0.05) is 24.2 Å². The van der Waals surface area contributed by atoms with Gasteiger partial charge in [0.05, 0.1) is 5.69 Å². The Morgan fingerprint density at radius 2 is 2.14 bits per heavy atom. The van der Waals surface area contributed by atoms with Crippen molar-refractivity contribution in [3.8, 4) is 0 Å². The molecule has 0 bridgehead atoms. The van der Waals surface area contributed by atoms with Crippen LogP contribution in [0.15, 0.2) is 12.1 Å². The van der Waals surface area contributed by atoms with E-state index in [-0.39, 0.29) is 11.9 Å². The molecule has 0 saturated carbocycles. The molecule has 1 saturated heterocycles. The predicted octanol–water partition coefficient (Wildman–Crippen LogP) is 2.01. The molecule has 0 aliphatic carbocycles. The Balaban J connectivity index is 1.91. The smallest absolute Gasteiger partial charge is 0.266 e. The molecule has 0 radical (unpaired) electrons. The molecule has 3 rings (SSSR count). The normalized spacial score (nSPS) is 16.3. The Labute approximate surface area is 128 Å². The van der Waals surface area contributed by atoms with Crippen LogP contribution in [-0.2, 0) is 0 Å². The number of rotatable bonds is 2. The molecule has 1 fully saturated rings. The molecule has 6 heteroatoms. The summed E-state index contributed by atoms with van der Waals surface area (Å²) in [6, 6.07) is 4.17. The molecule has 0 spiro atoms.